The Morgan fingerprint density at radius 2 is 1.81 bits per heavy atom. The number of H-pyrrole nitrogens is 1. The van der Waals surface area contributed by atoms with Crippen LogP contribution in [-0.2, 0) is 18.6 Å². The lowest BCUT2D eigenvalue weighted by Gasteiger charge is -2.33. The first-order valence-electron chi connectivity index (χ1n) is 11.3. The minimum atomic E-state index is -4.19. The second-order valence-electron chi connectivity index (χ2n) is 9.33. The van der Waals surface area contributed by atoms with Gasteiger partial charge in [0.25, 0.3) is 11.8 Å². The van der Waals surface area contributed by atoms with Crippen LogP contribution in [0.15, 0.2) is 24.4 Å². The van der Waals surface area contributed by atoms with Gasteiger partial charge in [-0.05, 0) is 45.7 Å². The van der Waals surface area contributed by atoms with Gasteiger partial charge in [-0.25, -0.2) is 9.24 Å². The molecule has 37 heavy (non-hydrogen) atoms. The van der Waals surface area contributed by atoms with Crippen LogP contribution in [0.25, 0.3) is 0 Å². The number of nitrogens with zero attached hydrogens (tertiary/aromatic N) is 2. The molecule has 15 heteroatoms. The Labute approximate surface area is 223 Å². The van der Waals surface area contributed by atoms with E-state index in [0.717, 1.165) is 0 Å². The maximum absolute atomic E-state index is 12.8. The largest absolute Gasteiger partial charge is 0.438 e. The van der Waals surface area contributed by atoms with Crippen LogP contribution in [0.4, 0.5) is 5.69 Å². The molecule has 1 fully saturated rings. The summed E-state index contributed by atoms with van der Waals surface area (Å²) in [5.74, 6) is -1.68. The van der Waals surface area contributed by atoms with Crippen molar-refractivity contribution in [2.24, 2.45) is 5.41 Å². The van der Waals surface area contributed by atoms with E-state index in [1.807, 2.05) is 0 Å². The Morgan fingerprint density at radius 3 is 2.41 bits per heavy atom. The molecular formula is C22H28Cl2N5O7P. The number of esters is 1. The topological polar surface area (TPSA) is 163 Å². The van der Waals surface area contributed by atoms with Crippen molar-refractivity contribution in [2.45, 2.75) is 39.7 Å². The SMILES string of the molecule is CC(C)(C)C(=O)OCOP(=O)(O)N1CCC(NC(=O)c2[nH]ncc2NC(=O)c2c(Cl)cccc2Cl)CC1. The summed E-state index contributed by atoms with van der Waals surface area (Å²) in [7, 11) is -4.19. The molecule has 4 N–H and O–H groups in total. The summed E-state index contributed by atoms with van der Waals surface area (Å²) in [5.41, 5.74) is -0.544. The van der Waals surface area contributed by atoms with E-state index in [-0.39, 0.29) is 46.1 Å². The average Bonchev–Trinajstić information content (AvgIpc) is 3.26. The summed E-state index contributed by atoms with van der Waals surface area (Å²) in [4.78, 5) is 47.5. The molecule has 1 aliphatic heterocycles. The van der Waals surface area contributed by atoms with E-state index in [0.29, 0.717) is 12.8 Å². The minimum absolute atomic E-state index is 0.0239. The second-order valence-corrected chi connectivity index (χ2v) is 11.9. The number of nitrogens with one attached hydrogen (secondary N) is 3. The summed E-state index contributed by atoms with van der Waals surface area (Å²) in [5, 5.41) is 12.1. The number of anilines is 1. The Hall–Kier alpha value is -2.47. The molecule has 0 spiro atoms. The van der Waals surface area contributed by atoms with Crippen LogP contribution in [0, 0.1) is 5.41 Å². The van der Waals surface area contributed by atoms with Crippen molar-refractivity contribution in [3.8, 4) is 0 Å². The van der Waals surface area contributed by atoms with Gasteiger partial charge in [0.1, 0.15) is 5.69 Å². The van der Waals surface area contributed by atoms with Gasteiger partial charge >= 0.3 is 13.7 Å². The number of piperidine rings is 1. The van der Waals surface area contributed by atoms with Gasteiger partial charge < -0.3 is 20.3 Å². The maximum Gasteiger partial charge on any atom is 0.408 e. The highest BCUT2D eigenvalue weighted by Crippen LogP contribution is 2.47. The van der Waals surface area contributed by atoms with Crippen molar-refractivity contribution in [3.63, 3.8) is 0 Å². The van der Waals surface area contributed by atoms with Crippen molar-refractivity contribution in [2.75, 3.05) is 25.2 Å². The van der Waals surface area contributed by atoms with Gasteiger partial charge in [-0.2, -0.15) is 5.10 Å². The summed E-state index contributed by atoms with van der Waals surface area (Å²) in [6.45, 7) is 4.63. The zero-order valence-corrected chi connectivity index (χ0v) is 22.8. The molecule has 1 unspecified atom stereocenters. The number of carbonyl (C=O) groups is 3. The minimum Gasteiger partial charge on any atom is -0.438 e. The van der Waals surface area contributed by atoms with E-state index in [9.17, 15) is 23.8 Å². The number of halogens is 2. The van der Waals surface area contributed by atoms with E-state index in [2.05, 4.69) is 20.8 Å². The van der Waals surface area contributed by atoms with Gasteiger partial charge in [-0.3, -0.25) is 24.0 Å². The highest BCUT2D eigenvalue weighted by molar-refractivity contribution is 7.50. The van der Waals surface area contributed by atoms with E-state index >= 15 is 0 Å². The smallest absolute Gasteiger partial charge is 0.408 e. The van der Waals surface area contributed by atoms with E-state index in [1.165, 1.54) is 23.0 Å². The summed E-state index contributed by atoms with van der Waals surface area (Å²) >= 11 is 12.2. The molecule has 0 aliphatic carbocycles. The third kappa shape index (κ3) is 7.53. The first-order chi connectivity index (χ1) is 17.3. The molecule has 1 saturated heterocycles. The Bertz CT molecular complexity index is 1190. The van der Waals surface area contributed by atoms with Gasteiger partial charge in [0.2, 0.25) is 6.79 Å². The standard InChI is InChI=1S/C22H28Cl2N5O7P/c1-22(2,3)21(32)35-12-36-37(33,34)29-9-7-13(8-10-29)26-20(31)18-16(11-25-28-18)27-19(30)17-14(23)5-4-6-15(17)24/h4-6,11,13H,7-10,12H2,1-3H3,(H,25,28)(H,26,31)(H,27,30)(H,33,34). The highest BCUT2D eigenvalue weighted by Gasteiger charge is 2.35. The van der Waals surface area contributed by atoms with Crippen LogP contribution in [0.2, 0.25) is 10.0 Å². The third-order valence-corrected chi connectivity index (χ3v) is 7.68. The lowest BCUT2D eigenvalue weighted by atomic mass is 9.98. The van der Waals surface area contributed by atoms with Crippen molar-refractivity contribution < 1.29 is 33.1 Å². The molecule has 1 atom stereocenters. The van der Waals surface area contributed by atoms with Crippen LogP contribution in [0.5, 0.6) is 0 Å². The maximum atomic E-state index is 12.8. The van der Waals surface area contributed by atoms with Crippen molar-refractivity contribution in [1.82, 2.24) is 20.2 Å². The lowest BCUT2D eigenvalue weighted by molar-refractivity contribution is -0.160. The summed E-state index contributed by atoms with van der Waals surface area (Å²) < 4.78 is 23.6. The second kappa shape index (κ2) is 11.9. The van der Waals surface area contributed by atoms with Crippen molar-refractivity contribution in [3.05, 3.63) is 45.7 Å². The number of hydrogen-bond acceptors (Lipinski definition) is 7. The number of ether oxygens (including phenoxy) is 1. The van der Waals surface area contributed by atoms with Gasteiger partial charge in [0.05, 0.1) is 32.9 Å². The molecule has 3 rings (SSSR count). The molecule has 2 aromatic rings. The Morgan fingerprint density at radius 1 is 1.19 bits per heavy atom. The van der Waals surface area contributed by atoms with E-state index in [1.54, 1.807) is 26.8 Å². The number of carbonyl (C=O) groups excluding carboxylic acids is 3. The van der Waals surface area contributed by atoms with Gasteiger partial charge in [-0.1, -0.05) is 29.3 Å². The van der Waals surface area contributed by atoms with Crippen molar-refractivity contribution >= 4 is 54.4 Å². The molecule has 0 radical (unpaired) electrons. The Balaban J connectivity index is 1.52. The normalized spacial score (nSPS) is 16.6. The fourth-order valence-corrected chi connectivity index (χ4v) is 5.08. The molecule has 2 amide bonds. The van der Waals surface area contributed by atoms with Crippen LogP contribution in [-0.4, -0.2) is 63.5 Å². The van der Waals surface area contributed by atoms with Crippen molar-refractivity contribution in [1.29, 1.82) is 0 Å². The number of aromatic nitrogens is 2. The van der Waals surface area contributed by atoms with Crippen LogP contribution >= 0.6 is 30.9 Å². The molecule has 0 saturated carbocycles. The number of aromatic amines is 1. The van der Waals surface area contributed by atoms with Crippen LogP contribution in [0.3, 0.4) is 0 Å². The van der Waals surface area contributed by atoms with Gasteiger partial charge in [0.15, 0.2) is 0 Å². The molecule has 1 aromatic heterocycles. The number of amides is 2. The molecule has 12 nitrogen and oxygen atoms in total. The number of rotatable bonds is 8. The predicted molar refractivity (Wildman–Crippen MR) is 136 cm³/mol. The molecule has 202 valence electrons. The third-order valence-electron chi connectivity index (χ3n) is 5.49. The molecule has 0 bridgehead atoms. The first-order valence-corrected chi connectivity index (χ1v) is 13.6. The zero-order chi connectivity index (χ0) is 27.4. The van der Waals surface area contributed by atoms with E-state index < -0.39 is 37.7 Å². The van der Waals surface area contributed by atoms with Gasteiger partial charge in [0, 0.05) is 19.1 Å². The van der Waals surface area contributed by atoms with Crippen LogP contribution in [0.1, 0.15) is 54.5 Å². The fourth-order valence-electron chi connectivity index (χ4n) is 3.42. The summed E-state index contributed by atoms with van der Waals surface area (Å²) in [6, 6.07) is 4.33. The van der Waals surface area contributed by atoms with Crippen LogP contribution < -0.4 is 10.6 Å². The molecule has 2 heterocycles. The zero-order valence-electron chi connectivity index (χ0n) is 20.4. The molecule has 1 aromatic carbocycles. The lowest BCUT2D eigenvalue weighted by Crippen LogP contribution is -2.44. The highest BCUT2D eigenvalue weighted by atomic mass is 35.5. The molecule has 1 aliphatic rings. The van der Waals surface area contributed by atoms with E-state index in [4.69, 9.17) is 32.5 Å². The fraction of sp³-hybridized carbons (Fsp3) is 0.455. The monoisotopic (exact) mass is 575 g/mol. The summed E-state index contributed by atoms with van der Waals surface area (Å²) in [6.07, 6.45) is 1.99. The van der Waals surface area contributed by atoms with Gasteiger partial charge in [-0.15, -0.1) is 0 Å². The number of hydrogen-bond donors (Lipinski definition) is 4. The Kier molecular flexibility index (Phi) is 9.38. The average molecular weight is 576 g/mol. The quantitative estimate of drug-likeness (QED) is 0.208. The predicted octanol–water partition coefficient (Wildman–Crippen LogP) is 3.83. The first kappa shape index (κ1) is 29.1. The number of benzene rings is 1. The molecular weight excluding hydrogens is 548 g/mol.